The fourth-order valence-corrected chi connectivity index (χ4v) is 9.60. The molecule has 0 aromatic rings. The molecule has 19 atom stereocenters. The molecular formula is C48H80O21. The number of Topliss-reactive ketones (excluding diaryl/α,β-unsaturated/α-hetero) is 1. The smallest absolute Gasteiger partial charge is 0.187 e. The zero-order chi connectivity index (χ0) is 51.8. The first-order valence-electron chi connectivity index (χ1n) is 23.9. The zero-order valence-electron chi connectivity index (χ0n) is 40.8. The quantitative estimate of drug-likeness (QED) is 0.0239. The lowest BCUT2D eigenvalue weighted by Crippen LogP contribution is -2.61. The molecule has 0 aromatic heterocycles. The molecule has 3 heterocycles. The number of ketones is 1. The fourth-order valence-electron chi connectivity index (χ4n) is 9.60. The summed E-state index contributed by atoms with van der Waals surface area (Å²) in [6, 6.07) is 0. The van der Waals surface area contributed by atoms with E-state index in [1.54, 1.807) is 20.8 Å². The largest absolute Gasteiger partial charge is 0.394 e. The van der Waals surface area contributed by atoms with Gasteiger partial charge in [0.15, 0.2) is 24.7 Å². The number of hydrogen-bond donors (Lipinski definition) is 13. The third-order valence-corrected chi connectivity index (χ3v) is 14.7. The van der Waals surface area contributed by atoms with Gasteiger partial charge in [-0.05, 0) is 110 Å². The van der Waals surface area contributed by atoms with Crippen LogP contribution in [0.15, 0.2) is 34.4 Å². The Morgan fingerprint density at radius 2 is 1.28 bits per heavy atom. The van der Waals surface area contributed by atoms with Crippen molar-refractivity contribution in [1.29, 1.82) is 0 Å². The van der Waals surface area contributed by atoms with Gasteiger partial charge in [0.05, 0.1) is 31.5 Å². The van der Waals surface area contributed by atoms with Crippen molar-refractivity contribution in [2.24, 2.45) is 11.3 Å². The number of aldehydes is 1. The van der Waals surface area contributed by atoms with E-state index < -0.39 is 135 Å². The molecule has 0 amide bonds. The molecular weight excluding hydrogens is 913 g/mol. The summed E-state index contributed by atoms with van der Waals surface area (Å²) in [7, 11) is 0. The Hall–Kier alpha value is -2.20. The lowest BCUT2D eigenvalue weighted by Gasteiger charge is -2.53. The summed E-state index contributed by atoms with van der Waals surface area (Å²) in [6.45, 7) is 9.99. The van der Waals surface area contributed by atoms with Crippen LogP contribution >= 0.6 is 0 Å². The van der Waals surface area contributed by atoms with Gasteiger partial charge in [-0.2, -0.15) is 0 Å². The molecule has 0 radical (unpaired) electrons. The molecule has 69 heavy (non-hydrogen) atoms. The van der Waals surface area contributed by atoms with Crippen molar-refractivity contribution in [3.63, 3.8) is 0 Å². The summed E-state index contributed by atoms with van der Waals surface area (Å²) in [4.78, 5) is 24.7. The summed E-state index contributed by atoms with van der Waals surface area (Å²) >= 11 is 0. The highest BCUT2D eigenvalue weighted by molar-refractivity contribution is 5.86. The first kappa shape index (κ1) is 59.4. The summed E-state index contributed by atoms with van der Waals surface area (Å²) in [5.41, 5.74) is -0.653. The number of carbonyl (C=O) groups is 2. The van der Waals surface area contributed by atoms with E-state index in [-0.39, 0.29) is 31.1 Å². The molecule has 3 saturated heterocycles. The Morgan fingerprint density at radius 3 is 1.83 bits per heavy atom. The maximum atomic E-state index is 12.4. The number of aliphatic hydroxyl groups excluding tert-OH is 11. The molecule has 21 nitrogen and oxygen atoms in total. The lowest BCUT2D eigenvalue weighted by molar-refractivity contribution is -0.331. The molecule has 0 spiro atoms. The van der Waals surface area contributed by atoms with Crippen LogP contribution in [0, 0.1) is 11.3 Å². The molecule has 1 aliphatic carbocycles. The number of carbonyl (C=O) groups excluding carboxylic acids is 2. The van der Waals surface area contributed by atoms with Gasteiger partial charge in [0, 0.05) is 18.4 Å². The Kier molecular flexibility index (Phi) is 22.1. The minimum Gasteiger partial charge on any atom is -0.394 e. The van der Waals surface area contributed by atoms with E-state index in [1.807, 2.05) is 26.0 Å². The van der Waals surface area contributed by atoms with Crippen molar-refractivity contribution in [2.45, 2.75) is 216 Å². The van der Waals surface area contributed by atoms with Crippen molar-refractivity contribution < 1.29 is 104 Å². The number of ether oxygens (including phenoxy) is 6. The summed E-state index contributed by atoms with van der Waals surface area (Å²) in [6.07, 6.45) is -16.6. The van der Waals surface area contributed by atoms with E-state index in [9.17, 15) is 76.0 Å². The predicted octanol–water partition coefficient (Wildman–Crippen LogP) is -1.54. The molecule has 21 heteroatoms. The Balaban J connectivity index is 1.49. The van der Waals surface area contributed by atoms with Crippen molar-refractivity contribution in [3.8, 4) is 0 Å². The van der Waals surface area contributed by atoms with Gasteiger partial charge in [0.1, 0.15) is 85.1 Å². The van der Waals surface area contributed by atoms with Crippen molar-refractivity contribution in [1.82, 2.24) is 0 Å². The molecule has 398 valence electrons. The number of rotatable bonds is 23. The Bertz CT molecular complexity index is 1740. The van der Waals surface area contributed by atoms with Gasteiger partial charge in [0.25, 0.3) is 0 Å². The minimum atomic E-state index is -1.75. The van der Waals surface area contributed by atoms with Crippen LogP contribution in [0.4, 0.5) is 0 Å². The van der Waals surface area contributed by atoms with E-state index in [0.717, 1.165) is 17.4 Å². The van der Waals surface area contributed by atoms with Gasteiger partial charge >= 0.3 is 0 Å². The van der Waals surface area contributed by atoms with E-state index in [0.29, 0.717) is 56.1 Å². The standard InChI is InChI=1S/C48H80O21/c1-24(13-15-33(52)46(4,5)62)12-14-29(66-45-42(61)38(57)35(54)31(22-51)68-45)25(2)10-8-17-47(6)28(27(26(3)20-49)16-18-48(47,7)63)11-9-19-64-43-40(59)39(58)36(55)32(69-43)23-65-44-41(60)37(56)34(53)30(21-50)67-44/h10,12,20,28-32,34-45,50-51,53-63H,8-9,11,13-19,21-23H2,1-7H3/b24-12+,25-10+,27-26+/t28-,29+,30-,31-,32-,34-,35-,36-,37+,38+,39+,40-,41-,42-,43-,44-,45-,47+,48-/m0/s1. The number of hydrogen-bond acceptors (Lipinski definition) is 21. The lowest BCUT2D eigenvalue weighted by atomic mass is 9.54. The predicted molar refractivity (Wildman–Crippen MR) is 242 cm³/mol. The van der Waals surface area contributed by atoms with E-state index in [2.05, 4.69) is 0 Å². The maximum absolute atomic E-state index is 12.4. The SMILES string of the molecule is C/C(=C\C[C@@H](O[C@H]1O[C@@H](CO)[C@H](O)[C@@H](O)[C@@H]1O)/C(C)=C/CC[C@]1(C)[C@@H](CCCO[C@H]2O[C@@H](CO[C@H]3O[C@@H](CO)[C@H](O)[C@@H](O)[C@@H]3O)[C@H](O)[C@@H](O)[C@@H]2O)/C(=C(\C)C=O)CC[C@]1(C)O)CCC(=O)C(C)(C)O. The number of allylic oxidation sites excluding steroid dienone is 4. The van der Waals surface area contributed by atoms with E-state index >= 15 is 0 Å². The van der Waals surface area contributed by atoms with Crippen LogP contribution in [0.1, 0.15) is 106 Å². The van der Waals surface area contributed by atoms with Gasteiger partial charge in [-0.25, -0.2) is 0 Å². The van der Waals surface area contributed by atoms with Crippen LogP contribution < -0.4 is 0 Å². The Labute approximate surface area is 403 Å². The minimum absolute atomic E-state index is 0.0399. The monoisotopic (exact) mass is 993 g/mol. The van der Waals surface area contributed by atoms with Gasteiger partial charge in [-0.15, -0.1) is 0 Å². The molecule has 4 fully saturated rings. The topological polar surface area (TPSA) is 353 Å². The third kappa shape index (κ3) is 14.5. The molecule has 1 saturated carbocycles. The van der Waals surface area contributed by atoms with Crippen LogP contribution in [0.5, 0.6) is 0 Å². The second-order valence-corrected chi connectivity index (χ2v) is 20.2. The van der Waals surface area contributed by atoms with E-state index in [1.165, 1.54) is 13.8 Å². The van der Waals surface area contributed by atoms with Crippen molar-refractivity contribution in [3.05, 3.63) is 34.4 Å². The van der Waals surface area contributed by atoms with Gasteiger partial charge in [0.2, 0.25) is 0 Å². The normalized spacial score (nSPS) is 40.6. The van der Waals surface area contributed by atoms with Gasteiger partial charge < -0.3 is 94.8 Å². The first-order chi connectivity index (χ1) is 32.2. The summed E-state index contributed by atoms with van der Waals surface area (Å²) in [5, 5.41) is 136. The first-order valence-corrected chi connectivity index (χ1v) is 23.9. The van der Waals surface area contributed by atoms with Crippen LogP contribution in [0.2, 0.25) is 0 Å². The van der Waals surface area contributed by atoms with Gasteiger partial charge in [-0.1, -0.05) is 30.2 Å². The molecule has 0 bridgehead atoms. The maximum Gasteiger partial charge on any atom is 0.187 e. The average molecular weight is 993 g/mol. The van der Waals surface area contributed by atoms with Crippen LogP contribution in [-0.2, 0) is 38.0 Å². The number of aliphatic hydroxyl groups is 13. The molecule has 13 N–H and O–H groups in total. The van der Waals surface area contributed by atoms with Crippen molar-refractivity contribution >= 4 is 12.1 Å². The van der Waals surface area contributed by atoms with Crippen LogP contribution in [0.3, 0.4) is 0 Å². The van der Waals surface area contributed by atoms with E-state index in [4.69, 9.17) is 28.4 Å². The highest BCUT2D eigenvalue weighted by atomic mass is 16.7. The van der Waals surface area contributed by atoms with Gasteiger partial charge in [-0.3, -0.25) is 9.59 Å². The second-order valence-electron chi connectivity index (χ2n) is 20.2. The molecule has 0 aromatic carbocycles. The summed E-state index contributed by atoms with van der Waals surface area (Å²) in [5.74, 6) is -0.682. The highest BCUT2D eigenvalue weighted by Crippen LogP contribution is 2.55. The van der Waals surface area contributed by atoms with Crippen molar-refractivity contribution in [2.75, 3.05) is 26.4 Å². The second kappa shape index (κ2) is 25.6. The molecule has 3 aliphatic heterocycles. The summed E-state index contributed by atoms with van der Waals surface area (Å²) < 4.78 is 34.5. The fraction of sp³-hybridized carbons (Fsp3) is 0.833. The molecule has 0 unspecified atom stereocenters. The molecule has 4 rings (SSSR count). The highest BCUT2D eigenvalue weighted by Gasteiger charge is 2.53. The van der Waals surface area contributed by atoms with Crippen LogP contribution in [-0.4, -0.2) is 214 Å². The Morgan fingerprint density at radius 1 is 0.754 bits per heavy atom. The third-order valence-electron chi connectivity index (χ3n) is 14.7. The van der Waals surface area contributed by atoms with Crippen LogP contribution in [0.25, 0.3) is 0 Å². The average Bonchev–Trinajstić information content (AvgIpc) is 3.30. The molecule has 4 aliphatic rings. The zero-order valence-corrected chi connectivity index (χ0v) is 40.8.